The molecule has 0 atom stereocenters. The molecule has 6 heteroatoms. The van der Waals surface area contributed by atoms with Gasteiger partial charge >= 0.3 is 0 Å². The topological polar surface area (TPSA) is 60.7 Å². The SMILES string of the molecule is CCCn1c(SCC(=O)c2ccc(C3CCCCC3)cc2)nnc1-c1ccncc1. The molecule has 1 aliphatic carbocycles. The zero-order valence-corrected chi connectivity index (χ0v) is 18.3. The van der Waals surface area contributed by atoms with Crippen LogP contribution in [0.2, 0.25) is 0 Å². The van der Waals surface area contributed by atoms with Gasteiger partial charge in [-0.2, -0.15) is 0 Å². The van der Waals surface area contributed by atoms with Gasteiger partial charge in [-0.15, -0.1) is 10.2 Å². The second-order valence-electron chi connectivity index (χ2n) is 7.86. The van der Waals surface area contributed by atoms with Gasteiger partial charge in [0, 0.05) is 30.1 Å². The summed E-state index contributed by atoms with van der Waals surface area (Å²) in [6.45, 7) is 2.95. The molecule has 0 amide bonds. The molecule has 1 aliphatic rings. The summed E-state index contributed by atoms with van der Waals surface area (Å²) in [6.07, 6.45) is 11.0. The van der Waals surface area contributed by atoms with Gasteiger partial charge in [0.2, 0.25) is 0 Å². The van der Waals surface area contributed by atoms with Crippen molar-refractivity contribution in [3.05, 3.63) is 59.9 Å². The first-order valence-corrected chi connectivity index (χ1v) is 11.8. The molecule has 2 aromatic heterocycles. The maximum Gasteiger partial charge on any atom is 0.191 e. The van der Waals surface area contributed by atoms with Crippen molar-refractivity contribution in [1.82, 2.24) is 19.7 Å². The molecule has 4 rings (SSSR count). The number of benzene rings is 1. The lowest BCUT2D eigenvalue weighted by atomic mass is 9.84. The van der Waals surface area contributed by atoms with E-state index in [0.29, 0.717) is 11.7 Å². The van der Waals surface area contributed by atoms with Crippen LogP contribution in [0.4, 0.5) is 0 Å². The molecule has 0 bridgehead atoms. The summed E-state index contributed by atoms with van der Waals surface area (Å²) in [7, 11) is 0. The first-order chi connectivity index (χ1) is 14.8. The lowest BCUT2D eigenvalue weighted by molar-refractivity contribution is 0.102. The largest absolute Gasteiger partial charge is 0.302 e. The van der Waals surface area contributed by atoms with Crippen LogP contribution in [0.25, 0.3) is 11.4 Å². The van der Waals surface area contributed by atoms with E-state index < -0.39 is 0 Å². The molecule has 1 aromatic carbocycles. The van der Waals surface area contributed by atoms with Gasteiger partial charge in [-0.1, -0.05) is 62.2 Å². The smallest absolute Gasteiger partial charge is 0.191 e. The highest BCUT2D eigenvalue weighted by Gasteiger charge is 2.18. The minimum Gasteiger partial charge on any atom is -0.302 e. The summed E-state index contributed by atoms with van der Waals surface area (Å²) in [4.78, 5) is 16.8. The van der Waals surface area contributed by atoms with E-state index in [1.807, 2.05) is 24.3 Å². The Bertz CT molecular complexity index is 963. The number of carbonyl (C=O) groups excluding carboxylic acids is 1. The van der Waals surface area contributed by atoms with Gasteiger partial charge in [-0.25, -0.2) is 0 Å². The van der Waals surface area contributed by atoms with Gasteiger partial charge in [0.15, 0.2) is 16.8 Å². The monoisotopic (exact) mass is 420 g/mol. The molecule has 2 heterocycles. The number of pyridine rings is 1. The summed E-state index contributed by atoms with van der Waals surface area (Å²) in [5.74, 6) is 1.98. The Balaban J connectivity index is 1.43. The van der Waals surface area contributed by atoms with Crippen LogP contribution in [0.15, 0.2) is 53.9 Å². The second kappa shape index (κ2) is 10.0. The molecule has 0 spiro atoms. The third kappa shape index (κ3) is 4.81. The molecule has 0 radical (unpaired) electrons. The van der Waals surface area contributed by atoms with E-state index in [9.17, 15) is 4.79 Å². The Hall–Kier alpha value is -2.47. The number of hydrogen-bond acceptors (Lipinski definition) is 5. The second-order valence-corrected chi connectivity index (χ2v) is 8.81. The molecular formula is C24H28N4OS. The average Bonchev–Trinajstić information content (AvgIpc) is 3.21. The van der Waals surface area contributed by atoms with Crippen molar-refractivity contribution in [2.24, 2.45) is 0 Å². The van der Waals surface area contributed by atoms with Crippen LogP contribution in [0, 0.1) is 0 Å². The highest BCUT2D eigenvalue weighted by atomic mass is 32.2. The summed E-state index contributed by atoms with van der Waals surface area (Å²) < 4.78 is 2.10. The standard InChI is InChI=1S/C24H28N4OS/c1-2-16-28-23(21-12-14-25-15-13-21)26-27-24(28)30-17-22(29)20-10-8-19(9-11-20)18-6-4-3-5-7-18/h8-15,18H,2-7,16-17H2,1H3. The quantitative estimate of drug-likeness (QED) is 0.342. The first kappa shape index (κ1) is 20.8. The number of ketones is 1. The Morgan fingerprint density at radius 1 is 1.03 bits per heavy atom. The van der Waals surface area contributed by atoms with E-state index in [2.05, 4.69) is 38.8 Å². The van der Waals surface area contributed by atoms with Crippen molar-refractivity contribution >= 4 is 17.5 Å². The molecule has 5 nitrogen and oxygen atoms in total. The Kier molecular flexibility index (Phi) is 6.95. The molecule has 0 saturated heterocycles. The highest BCUT2D eigenvalue weighted by molar-refractivity contribution is 7.99. The molecule has 0 N–H and O–H groups in total. The zero-order chi connectivity index (χ0) is 20.8. The van der Waals surface area contributed by atoms with Crippen LogP contribution in [-0.4, -0.2) is 31.3 Å². The minimum absolute atomic E-state index is 0.131. The van der Waals surface area contributed by atoms with Crippen molar-refractivity contribution in [3.63, 3.8) is 0 Å². The predicted octanol–water partition coefficient (Wildman–Crippen LogP) is 5.77. The van der Waals surface area contributed by atoms with Gasteiger partial charge in [-0.05, 0) is 42.9 Å². The first-order valence-electron chi connectivity index (χ1n) is 10.9. The minimum atomic E-state index is 0.131. The predicted molar refractivity (Wildman–Crippen MR) is 121 cm³/mol. The molecule has 1 fully saturated rings. The van der Waals surface area contributed by atoms with Gasteiger partial charge in [0.05, 0.1) is 5.75 Å². The highest BCUT2D eigenvalue weighted by Crippen LogP contribution is 2.32. The van der Waals surface area contributed by atoms with Crippen molar-refractivity contribution < 1.29 is 4.79 Å². The fraction of sp³-hybridized carbons (Fsp3) is 0.417. The Morgan fingerprint density at radius 2 is 1.77 bits per heavy atom. The number of rotatable bonds is 8. The summed E-state index contributed by atoms with van der Waals surface area (Å²) >= 11 is 1.46. The fourth-order valence-corrected chi connectivity index (χ4v) is 4.98. The normalized spacial score (nSPS) is 14.7. The Morgan fingerprint density at radius 3 is 2.47 bits per heavy atom. The van der Waals surface area contributed by atoms with Gasteiger partial charge in [0.25, 0.3) is 0 Å². The summed E-state index contributed by atoms with van der Waals surface area (Å²) in [5, 5.41) is 9.52. The van der Waals surface area contributed by atoms with E-state index >= 15 is 0 Å². The summed E-state index contributed by atoms with van der Waals surface area (Å²) in [5.41, 5.74) is 3.14. The van der Waals surface area contributed by atoms with Crippen LogP contribution in [0.1, 0.15) is 67.3 Å². The number of thioether (sulfide) groups is 1. The van der Waals surface area contributed by atoms with Crippen LogP contribution in [0.5, 0.6) is 0 Å². The number of aromatic nitrogens is 4. The number of Topliss-reactive ketones (excluding diaryl/α,β-unsaturated/α-hetero) is 1. The molecule has 0 aliphatic heterocycles. The Labute approximate surface area is 182 Å². The van der Waals surface area contributed by atoms with Gasteiger partial charge in [-0.3, -0.25) is 9.78 Å². The third-order valence-corrected chi connectivity index (χ3v) is 6.71. The van der Waals surface area contributed by atoms with Crippen molar-refractivity contribution in [2.75, 3.05) is 5.75 Å². The fourth-order valence-electron chi connectivity index (χ4n) is 4.13. The maximum absolute atomic E-state index is 12.8. The van der Waals surface area contributed by atoms with Crippen molar-refractivity contribution in [1.29, 1.82) is 0 Å². The molecular weight excluding hydrogens is 392 g/mol. The van der Waals surface area contributed by atoms with Gasteiger partial charge < -0.3 is 4.57 Å². The van der Waals surface area contributed by atoms with Crippen LogP contribution < -0.4 is 0 Å². The molecule has 156 valence electrons. The number of hydrogen-bond donors (Lipinski definition) is 0. The van der Waals surface area contributed by atoms with Crippen LogP contribution in [0.3, 0.4) is 0 Å². The van der Waals surface area contributed by atoms with E-state index in [-0.39, 0.29) is 5.78 Å². The van der Waals surface area contributed by atoms with Crippen molar-refractivity contribution in [3.8, 4) is 11.4 Å². The van der Waals surface area contributed by atoms with E-state index in [1.54, 1.807) is 12.4 Å². The third-order valence-electron chi connectivity index (χ3n) is 5.74. The average molecular weight is 421 g/mol. The number of nitrogens with zero attached hydrogens (tertiary/aromatic N) is 4. The molecule has 3 aromatic rings. The summed E-state index contributed by atoms with van der Waals surface area (Å²) in [6, 6.07) is 12.1. The van der Waals surface area contributed by atoms with E-state index in [0.717, 1.165) is 35.1 Å². The van der Waals surface area contributed by atoms with E-state index in [1.165, 1.54) is 49.4 Å². The van der Waals surface area contributed by atoms with Crippen LogP contribution >= 0.6 is 11.8 Å². The maximum atomic E-state index is 12.8. The molecule has 1 saturated carbocycles. The molecule has 0 unspecified atom stereocenters. The molecule has 30 heavy (non-hydrogen) atoms. The number of carbonyl (C=O) groups is 1. The van der Waals surface area contributed by atoms with Crippen LogP contribution in [-0.2, 0) is 6.54 Å². The lowest BCUT2D eigenvalue weighted by Crippen LogP contribution is -2.07. The zero-order valence-electron chi connectivity index (χ0n) is 17.5. The van der Waals surface area contributed by atoms with Crippen molar-refractivity contribution in [2.45, 2.75) is 63.1 Å². The lowest BCUT2D eigenvalue weighted by Gasteiger charge is -2.22. The van der Waals surface area contributed by atoms with E-state index in [4.69, 9.17) is 0 Å². The van der Waals surface area contributed by atoms with Gasteiger partial charge in [0.1, 0.15) is 0 Å².